The standard InChI is InChI=1S/C10H8O2S3.Na/c11-15(12)7-3-4-9(13)8(6-7)10-2-1-5-14-10;/h1-6,13H,(H,11,12);/q;+1/p-1. The van der Waals surface area contributed by atoms with E-state index < -0.39 is 11.1 Å². The fourth-order valence-electron chi connectivity index (χ4n) is 1.25. The second kappa shape index (κ2) is 6.35. The first-order valence-electron chi connectivity index (χ1n) is 4.14. The van der Waals surface area contributed by atoms with Gasteiger partial charge in [0.2, 0.25) is 0 Å². The molecule has 1 aromatic heterocycles. The molecule has 0 fully saturated rings. The number of rotatable bonds is 2. The van der Waals surface area contributed by atoms with Crippen LogP contribution in [0, 0.1) is 0 Å². The summed E-state index contributed by atoms with van der Waals surface area (Å²) < 4.78 is 21.6. The van der Waals surface area contributed by atoms with Crippen LogP contribution in [0.2, 0.25) is 0 Å². The van der Waals surface area contributed by atoms with Gasteiger partial charge in [0, 0.05) is 20.2 Å². The van der Waals surface area contributed by atoms with E-state index in [1.807, 2.05) is 17.5 Å². The normalized spacial score (nSPS) is 11.9. The van der Waals surface area contributed by atoms with Crippen molar-refractivity contribution in [2.75, 3.05) is 0 Å². The van der Waals surface area contributed by atoms with Crippen molar-refractivity contribution in [2.24, 2.45) is 0 Å². The van der Waals surface area contributed by atoms with Crippen LogP contribution in [0.25, 0.3) is 10.4 Å². The van der Waals surface area contributed by atoms with Crippen molar-refractivity contribution in [3.8, 4) is 10.4 Å². The average molecular weight is 278 g/mol. The van der Waals surface area contributed by atoms with Gasteiger partial charge in [-0.3, -0.25) is 4.21 Å². The van der Waals surface area contributed by atoms with E-state index in [1.165, 1.54) is 0 Å². The van der Waals surface area contributed by atoms with Crippen molar-refractivity contribution in [3.05, 3.63) is 35.7 Å². The van der Waals surface area contributed by atoms with E-state index in [2.05, 4.69) is 12.6 Å². The van der Waals surface area contributed by atoms with Crippen molar-refractivity contribution in [2.45, 2.75) is 9.79 Å². The maximum Gasteiger partial charge on any atom is 1.00 e. The molecule has 2 nitrogen and oxygen atoms in total. The van der Waals surface area contributed by atoms with Gasteiger partial charge in [0.1, 0.15) is 0 Å². The molecule has 0 spiro atoms. The van der Waals surface area contributed by atoms with Gasteiger partial charge in [-0.2, -0.15) is 0 Å². The maximum absolute atomic E-state index is 10.8. The van der Waals surface area contributed by atoms with Crippen LogP contribution in [0.15, 0.2) is 45.5 Å². The van der Waals surface area contributed by atoms with Crippen molar-refractivity contribution in [1.29, 1.82) is 0 Å². The average Bonchev–Trinajstić information content (AvgIpc) is 2.71. The quantitative estimate of drug-likeness (QED) is 0.475. The molecular formula is C10H7NaO2S3. The molecule has 0 N–H and O–H groups in total. The fourth-order valence-corrected chi connectivity index (χ4v) is 2.73. The van der Waals surface area contributed by atoms with Gasteiger partial charge in [0.25, 0.3) is 0 Å². The minimum Gasteiger partial charge on any atom is -0.768 e. The van der Waals surface area contributed by atoms with Gasteiger partial charge in [-0.05, 0) is 40.7 Å². The molecule has 0 radical (unpaired) electrons. The van der Waals surface area contributed by atoms with Crippen LogP contribution in [0.4, 0.5) is 0 Å². The molecule has 0 aliphatic carbocycles. The van der Waals surface area contributed by atoms with E-state index in [9.17, 15) is 8.76 Å². The number of thiol groups is 1. The molecule has 0 aliphatic rings. The SMILES string of the molecule is O=S([O-])c1ccc(S)c(-c2cccs2)c1.[Na+]. The van der Waals surface area contributed by atoms with E-state index in [0.29, 0.717) is 0 Å². The summed E-state index contributed by atoms with van der Waals surface area (Å²) >= 11 is 3.68. The van der Waals surface area contributed by atoms with Crippen LogP contribution in [-0.4, -0.2) is 8.76 Å². The van der Waals surface area contributed by atoms with Gasteiger partial charge in [-0.25, -0.2) is 0 Å². The number of hydrogen-bond acceptors (Lipinski definition) is 4. The van der Waals surface area contributed by atoms with Crippen LogP contribution < -0.4 is 29.6 Å². The second-order valence-electron chi connectivity index (χ2n) is 2.89. The monoisotopic (exact) mass is 278 g/mol. The molecule has 1 heterocycles. The third-order valence-electron chi connectivity index (χ3n) is 1.95. The molecule has 6 heteroatoms. The molecule has 0 bridgehead atoms. The van der Waals surface area contributed by atoms with Gasteiger partial charge in [-0.15, -0.1) is 24.0 Å². The van der Waals surface area contributed by atoms with E-state index in [-0.39, 0.29) is 34.5 Å². The molecule has 16 heavy (non-hydrogen) atoms. The Balaban J connectivity index is 0.00000128. The summed E-state index contributed by atoms with van der Waals surface area (Å²) in [7, 11) is 0. The van der Waals surface area contributed by atoms with E-state index in [0.717, 1.165) is 15.3 Å². The fraction of sp³-hybridized carbons (Fsp3) is 0. The largest absolute Gasteiger partial charge is 1.00 e. The first-order chi connectivity index (χ1) is 7.18. The third-order valence-corrected chi connectivity index (χ3v) is 3.88. The zero-order valence-electron chi connectivity index (χ0n) is 8.54. The Morgan fingerprint density at radius 3 is 2.62 bits per heavy atom. The number of hydrogen-bond donors (Lipinski definition) is 1. The topological polar surface area (TPSA) is 40.1 Å². The smallest absolute Gasteiger partial charge is 0.768 e. The third kappa shape index (κ3) is 3.20. The first-order valence-corrected chi connectivity index (χ1v) is 6.55. The molecule has 0 aliphatic heterocycles. The molecule has 0 saturated carbocycles. The first kappa shape index (κ1) is 14.4. The molecule has 1 unspecified atom stereocenters. The van der Waals surface area contributed by atoms with Crippen molar-refractivity contribution in [1.82, 2.24) is 0 Å². The minimum absolute atomic E-state index is 0. The minimum atomic E-state index is -2.19. The van der Waals surface area contributed by atoms with E-state index in [4.69, 9.17) is 0 Å². The summed E-state index contributed by atoms with van der Waals surface area (Å²) in [5.74, 6) is 0. The summed E-state index contributed by atoms with van der Waals surface area (Å²) in [6, 6.07) is 8.74. The summed E-state index contributed by atoms with van der Waals surface area (Å²) in [5.41, 5.74) is 0.857. The molecule has 0 saturated heterocycles. The molecular weight excluding hydrogens is 271 g/mol. The predicted molar refractivity (Wildman–Crippen MR) is 64.2 cm³/mol. The zero-order valence-corrected chi connectivity index (χ0v) is 13.1. The number of thiophene rings is 1. The molecule has 2 rings (SSSR count). The zero-order chi connectivity index (χ0) is 10.8. The van der Waals surface area contributed by atoms with Crippen LogP contribution in [-0.2, 0) is 11.1 Å². The molecule has 2 aromatic rings. The molecule has 1 aromatic carbocycles. The Morgan fingerprint density at radius 2 is 2.06 bits per heavy atom. The Hall–Kier alpha value is 0.380. The second-order valence-corrected chi connectivity index (χ2v) is 5.26. The summed E-state index contributed by atoms with van der Waals surface area (Å²) in [4.78, 5) is 2.09. The Labute approximate surface area is 128 Å². The molecule has 78 valence electrons. The summed E-state index contributed by atoms with van der Waals surface area (Å²) in [5, 5.41) is 1.95. The number of benzene rings is 1. The van der Waals surface area contributed by atoms with Crippen LogP contribution in [0.5, 0.6) is 0 Å². The Bertz CT molecular complexity index is 497. The van der Waals surface area contributed by atoms with E-state index in [1.54, 1.807) is 29.5 Å². The molecule has 1 atom stereocenters. The van der Waals surface area contributed by atoms with Crippen LogP contribution in [0.1, 0.15) is 0 Å². The van der Waals surface area contributed by atoms with Crippen molar-refractivity contribution >= 4 is 35.0 Å². The van der Waals surface area contributed by atoms with Crippen LogP contribution in [0.3, 0.4) is 0 Å². The maximum atomic E-state index is 10.8. The van der Waals surface area contributed by atoms with Crippen LogP contribution >= 0.6 is 24.0 Å². The van der Waals surface area contributed by atoms with Gasteiger partial charge < -0.3 is 4.55 Å². The van der Waals surface area contributed by atoms with Gasteiger partial charge in [-0.1, -0.05) is 6.07 Å². The summed E-state index contributed by atoms with van der Waals surface area (Å²) in [6.45, 7) is 0. The van der Waals surface area contributed by atoms with Gasteiger partial charge in [0.15, 0.2) is 0 Å². The predicted octanol–water partition coefficient (Wildman–Crippen LogP) is -0.0542. The Kier molecular flexibility index (Phi) is 5.73. The van der Waals surface area contributed by atoms with Crippen molar-refractivity contribution in [3.63, 3.8) is 0 Å². The van der Waals surface area contributed by atoms with Crippen molar-refractivity contribution < 1.29 is 38.3 Å². The van der Waals surface area contributed by atoms with Gasteiger partial charge in [0.05, 0.1) is 0 Å². The van der Waals surface area contributed by atoms with E-state index >= 15 is 0 Å². The molecule has 0 amide bonds. The van der Waals surface area contributed by atoms with Gasteiger partial charge >= 0.3 is 29.6 Å². The Morgan fingerprint density at radius 1 is 1.31 bits per heavy atom. The summed E-state index contributed by atoms with van der Waals surface area (Å²) in [6.07, 6.45) is 0.